The molecule has 0 spiro atoms. The van der Waals surface area contributed by atoms with Crippen LogP contribution < -0.4 is 5.32 Å². The second-order valence-electron chi connectivity index (χ2n) is 4.72. The van der Waals surface area contributed by atoms with Crippen LogP contribution in [-0.2, 0) is 16.8 Å². The monoisotopic (exact) mass is 280 g/mol. The summed E-state index contributed by atoms with van der Waals surface area (Å²) in [5, 5.41) is 7.97. The lowest BCUT2D eigenvalue weighted by Gasteiger charge is -2.23. The molecule has 0 radical (unpaired) electrons. The van der Waals surface area contributed by atoms with Crippen molar-refractivity contribution in [2.45, 2.75) is 32.7 Å². The Kier molecular flexibility index (Phi) is 3.82. The van der Waals surface area contributed by atoms with Crippen molar-refractivity contribution >= 4 is 28.6 Å². The number of thiazole rings is 1. The molecular formula is C13H16N2OS2. The molecule has 2 heterocycles. The van der Waals surface area contributed by atoms with Gasteiger partial charge < -0.3 is 5.32 Å². The van der Waals surface area contributed by atoms with E-state index in [1.807, 2.05) is 43.7 Å². The second-order valence-corrected chi connectivity index (χ2v) is 6.61. The highest BCUT2D eigenvalue weighted by molar-refractivity contribution is 7.10. The van der Waals surface area contributed by atoms with Crippen LogP contribution in [-0.4, -0.2) is 10.9 Å². The molecule has 0 atom stereocenters. The van der Waals surface area contributed by atoms with Gasteiger partial charge in [-0.25, -0.2) is 4.98 Å². The molecule has 2 aromatic rings. The van der Waals surface area contributed by atoms with Crippen molar-refractivity contribution in [1.82, 2.24) is 10.3 Å². The Morgan fingerprint density at radius 3 is 2.78 bits per heavy atom. The summed E-state index contributed by atoms with van der Waals surface area (Å²) < 4.78 is 0. The fraction of sp³-hybridized carbons (Fsp3) is 0.385. The third-order valence-corrected chi connectivity index (χ3v) is 4.68. The summed E-state index contributed by atoms with van der Waals surface area (Å²) in [4.78, 5) is 17.5. The highest BCUT2D eigenvalue weighted by Gasteiger charge is 2.26. The zero-order chi connectivity index (χ0) is 13.2. The first-order valence-electron chi connectivity index (χ1n) is 5.73. The predicted molar refractivity (Wildman–Crippen MR) is 76.0 cm³/mol. The van der Waals surface area contributed by atoms with Crippen molar-refractivity contribution in [2.24, 2.45) is 0 Å². The van der Waals surface area contributed by atoms with Crippen LogP contribution in [0, 0.1) is 6.92 Å². The van der Waals surface area contributed by atoms with Crippen LogP contribution in [0.3, 0.4) is 0 Å². The van der Waals surface area contributed by atoms with E-state index in [2.05, 4.69) is 10.3 Å². The summed E-state index contributed by atoms with van der Waals surface area (Å²) in [7, 11) is 0. The molecule has 2 rings (SSSR count). The van der Waals surface area contributed by atoms with Crippen molar-refractivity contribution in [3.05, 3.63) is 38.5 Å². The van der Waals surface area contributed by atoms with Gasteiger partial charge in [0.1, 0.15) is 5.01 Å². The molecule has 3 nitrogen and oxygen atoms in total. The minimum Gasteiger partial charge on any atom is -0.344 e. The average molecular weight is 280 g/mol. The SMILES string of the molecule is Cc1csc(C(C)(C)NC(=O)Cc2cccs2)n1. The number of rotatable bonds is 4. The Morgan fingerprint density at radius 2 is 2.22 bits per heavy atom. The number of carbonyl (C=O) groups excluding carboxylic acids is 1. The van der Waals surface area contributed by atoms with Crippen LogP contribution in [0.2, 0.25) is 0 Å². The number of amides is 1. The molecule has 1 amide bonds. The molecule has 5 heteroatoms. The first-order valence-corrected chi connectivity index (χ1v) is 7.49. The lowest BCUT2D eigenvalue weighted by Crippen LogP contribution is -2.41. The third-order valence-electron chi connectivity index (χ3n) is 2.52. The fourth-order valence-corrected chi connectivity index (χ4v) is 3.24. The summed E-state index contributed by atoms with van der Waals surface area (Å²) in [6.45, 7) is 5.93. The highest BCUT2D eigenvalue weighted by atomic mass is 32.1. The van der Waals surface area contributed by atoms with E-state index in [9.17, 15) is 4.79 Å². The van der Waals surface area contributed by atoms with E-state index in [1.165, 1.54) is 0 Å². The molecule has 1 N–H and O–H groups in total. The molecule has 18 heavy (non-hydrogen) atoms. The molecule has 0 saturated carbocycles. The van der Waals surface area contributed by atoms with Gasteiger partial charge in [-0.1, -0.05) is 6.07 Å². The summed E-state index contributed by atoms with van der Waals surface area (Å²) in [5.74, 6) is 0.0373. The quantitative estimate of drug-likeness (QED) is 0.935. The summed E-state index contributed by atoms with van der Waals surface area (Å²) in [5.41, 5.74) is 0.586. The Hall–Kier alpha value is -1.20. The third kappa shape index (κ3) is 3.17. The predicted octanol–water partition coefficient (Wildman–Crippen LogP) is 3.11. The Bertz CT molecular complexity index is 529. The average Bonchev–Trinajstić information content (AvgIpc) is 2.88. The number of hydrogen-bond donors (Lipinski definition) is 1. The number of aryl methyl sites for hydroxylation is 1. The van der Waals surface area contributed by atoms with Crippen LogP contribution in [0.15, 0.2) is 22.9 Å². The number of aromatic nitrogens is 1. The maximum absolute atomic E-state index is 12.0. The van der Waals surface area contributed by atoms with Gasteiger partial charge in [-0.3, -0.25) is 4.79 Å². The van der Waals surface area contributed by atoms with Crippen molar-refractivity contribution in [1.29, 1.82) is 0 Å². The highest BCUT2D eigenvalue weighted by Crippen LogP contribution is 2.24. The number of nitrogens with zero attached hydrogens (tertiary/aromatic N) is 1. The van der Waals surface area contributed by atoms with Gasteiger partial charge in [0, 0.05) is 16.0 Å². The van der Waals surface area contributed by atoms with Crippen LogP contribution in [0.25, 0.3) is 0 Å². The van der Waals surface area contributed by atoms with Crippen LogP contribution in [0.4, 0.5) is 0 Å². The Labute approximate surface area is 115 Å². The van der Waals surface area contributed by atoms with Gasteiger partial charge in [-0.15, -0.1) is 22.7 Å². The minimum absolute atomic E-state index is 0.0373. The van der Waals surface area contributed by atoms with Gasteiger partial charge in [-0.2, -0.15) is 0 Å². The van der Waals surface area contributed by atoms with E-state index in [0.717, 1.165) is 15.6 Å². The van der Waals surface area contributed by atoms with Gasteiger partial charge >= 0.3 is 0 Å². The largest absolute Gasteiger partial charge is 0.344 e. The summed E-state index contributed by atoms with van der Waals surface area (Å²) in [6, 6.07) is 3.94. The Balaban J connectivity index is 2.01. The van der Waals surface area contributed by atoms with Gasteiger partial charge in [-0.05, 0) is 32.2 Å². The Morgan fingerprint density at radius 1 is 1.44 bits per heavy atom. The van der Waals surface area contributed by atoms with E-state index >= 15 is 0 Å². The number of carbonyl (C=O) groups is 1. The van der Waals surface area contributed by atoms with Gasteiger partial charge in [0.2, 0.25) is 5.91 Å². The van der Waals surface area contributed by atoms with Crippen molar-refractivity contribution in [3.63, 3.8) is 0 Å². The van der Waals surface area contributed by atoms with Crippen LogP contribution in [0.1, 0.15) is 29.4 Å². The second kappa shape index (κ2) is 5.20. The van der Waals surface area contributed by atoms with E-state index in [0.29, 0.717) is 6.42 Å². The van der Waals surface area contributed by atoms with E-state index < -0.39 is 5.54 Å². The molecule has 0 aromatic carbocycles. The number of hydrogen-bond acceptors (Lipinski definition) is 4. The normalized spacial score (nSPS) is 11.5. The number of thiophene rings is 1. The molecule has 2 aromatic heterocycles. The van der Waals surface area contributed by atoms with E-state index in [4.69, 9.17) is 0 Å². The molecule has 0 aliphatic carbocycles. The van der Waals surface area contributed by atoms with Crippen LogP contribution >= 0.6 is 22.7 Å². The van der Waals surface area contributed by atoms with E-state index in [-0.39, 0.29) is 5.91 Å². The zero-order valence-electron chi connectivity index (χ0n) is 10.7. The molecule has 0 bridgehead atoms. The zero-order valence-corrected chi connectivity index (χ0v) is 12.3. The van der Waals surface area contributed by atoms with Crippen molar-refractivity contribution in [2.75, 3.05) is 0 Å². The topological polar surface area (TPSA) is 42.0 Å². The molecule has 0 saturated heterocycles. The fourth-order valence-electron chi connectivity index (χ4n) is 1.66. The van der Waals surface area contributed by atoms with Gasteiger partial charge in [0.05, 0.1) is 12.0 Å². The minimum atomic E-state index is -0.409. The van der Waals surface area contributed by atoms with Crippen LogP contribution in [0.5, 0.6) is 0 Å². The molecule has 0 aliphatic rings. The van der Waals surface area contributed by atoms with Crippen molar-refractivity contribution in [3.8, 4) is 0 Å². The number of nitrogens with one attached hydrogen (secondary N) is 1. The maximum atomic E-state index is 12.0. The van der Waals surface area contributed by atoms with Gasteiger partial charge in [0.15, 0.2) is 0 Å². The van der Waals surface area contributed by atoms with E-state index in [1.54, 1.807) is 22.7 Å². The lowest BCUT2D eigenvalue weighted by molar-refractivity contribution is -0.122. The van der Waals surface area contributed by atoms with Gasteiger partial charge in [0.25, 0.3) is 0 Å². The summed E-state index contributed by atoms with van der Waals surface area (Å²) in [6.07, 6.45) is 0.436. The maximum Gasteiger partial charge on any atom is 0.226 e. The van der Waals surface area contributed by atoms with Crippen molar-refractivity contribution < 1.29 is 4.79 Å². The smallest absolute Gasteiger partial charge is 0.226 e. The molecule has 0 fully saturated rings. The molecular weight excluding hydrogens is 264 g/mol. The molecule has 0 unspecified atom stereocenters. The molecule has 0 aliphatic heterocycles. The first-order chi connectivity index (χ1) is 8.47. The first kappa shape index (κ1) is 13.2. The summed E-state index contributed by atoms with van der Waals surface area (Å²) >= 11 is 3.19. The standard InChI is InChI=1S/C13H16N2OS2/c1-9-8-18-12(14-9)13(2,3)15-11(16)7-10-5-4-6-17-10/h4-6,8H,7H2,1-3H3,(H,15,16). The molecule has 96 valence electrons. The lowest BCUT2D eigenvalue weighted by atomic mass is 10.1.